The number of methoxy groups -OCH3 is 1. The van der Waals surface area contributed by atoms with Crippen LogP contribution in [-0.2, 0) is 0 Å². The number of benzene rings is 1. The van der Waals surface area contributed by atoms with E-state index in [1.54, 1.807) is 6.07 Å². The minimum Gasteiger partial charge on any atom is -0.467 e. The molecular weight excluding hydrogens is 376 g/mol. The van der Waals surface area contributed by atoms with Gasteiger partial charge in [0.2, 0.25) is 11.9 Å². The molecular formula is C12H13FIN5O. The van der Waals surface area contributed by atoms with Crippen molar-refractivity contribution in [1.82, 2.24) is 15.0 Å². The summed E-state index contributed by atoms with van der Waals surface area (Å²) >= 11 is 2.04. The summed E-state index contributed by atoms with van der Waals surface area (Å²) in [6.07, 6.45) is 0. The Kier molecular flexibility index (Phi) is 4.88. The Balaban J connectivity index is 2.29. The summed E-state index contributed by atoms with van der Waals surface area (Å²) < 4.78 is 18.8. The van der Waals surface area contributed by atoms with Gasteiger partial charge in [0.05, 0.1) is 12.8 Å². The number of nitrogens with one attached hydrogen (secondary N) is 2. The van der Waals surface area contributed by atoms with E-state index in [2.05, 4.69) is 25.6 Å². The highest BCUT2D eigenvalue weighted by atomic mass is 127. The van der Waals surface area contributed by atoms with Crippen molar-refractivity contribution in [3.63, 3.8) is 0 Å². The van der Waals surface area contributed by atoms with Crippen molar-refractivity contribution in [1.29, 1.82) is 0 Å². The molecule has 2 N–H and O–H groups in total. The lowest BCUT2D eigenvalue weighted by Crippen LogP contribution is -2.08. The molecule has 106 valence electrons. The molecule has 0 fully saturated rings. The smallest absolute Gasteiger partial charge is 0.322 e. The zero-order valence-corrected chi connectivity index (χ0v) is 13.1. The number of rotatable bonds is 5. The predicted octanol–water partition coefficient (Wildman–Crippen LogP) is 2.80. The number of nitrogens with zero attached hydrogens (tertiary/aromatic N) is 3. The number of hydrogen-bond donors (Lipinski definition) is 2. The number of ether oxygens (including phenoxy) is 1. The van der Waals surface area contributed by atoms with Gasteiger partial charge in [-0.15, -0.1) is 0 Å². The maximum absolute atomic E-state index is 13.1. The van der Waals surface area contributed by atoms with Crippen molar-refractivity contribution in [2.24, 2.45) is 0 Å². The Bertz CT molecular complexity index is 610. The minimum absolute atomic E-state index is 0.204. The highest BCUT2D eigenvalue weighted by Crippen LogP contribution is 2.22. The van der Waals surface area contributed by atoms with Crippen molar-refractivity contribution in [2.75, 3.05) is 24.3 Å². The average Bonchev–Trinajstić information content (AvgIpc) is 2.42. The lowest BCUT2D eigenvalue weighted by atomic mass is 10.3. The van der Waals surface area contributed by atoms with E-state index in [-0.39, 0.29) is 11.8 Å². The summed E-state index contributed by atoms with van der Waals surface area (Å²) in [5, 5.41) is 6.00. The molecule has 0 bridgehead atoms. The Morgan fingerprint density at radius 1 is 1.25 bits per heavy atom. The van der Waals surface area contributed by atoms with Gasteiger partial charge in [0.25, 0.3) is 0 Å². The normalized spacial score (nSPS) is 10.2. The van der Waals surface area contributed by atoms with Crippen molar-refractivity contribution in [2.45, 2.75) is 6.92 Å². The van der Waals surface area contributed by atoms with Gasteiger partial charge in [-0.1, -0.05) is 0 Å². The van der Waals surface area contributed by atoms with Crippen LogP contribution in [0.3, 0.4) is 0 Å². The molecule has 0 aliphatic rings. The fraction of sp³-hybridized carbons (Fsp3) is 0.250. The van der Waals surface area contributed by atoms with Gasteiger partial charge in [-0.25, -0.2) is 4.39 Å². The summed E-state index contributed by atoms with van der Waals surface area (Å²) in [7, 11) is 1.48. The van der Waals surface area contributed by atoms with Crippen LogP contribution in [0, 0.1) is 9.39 Å². The van der Waals surface area contributed by atoms with Crippen LogP contribution in [-0.4, -0.2) is 28.6 Å². The molecule has 0 atom stereocenters. The molecule has 0 saturated heterocycles. The van der Waals surface area contributed by atoms with Gasteiger partial charge in [0.1, 0.15) is 5.82 Å². The number of halogens is 2. The van der Waals surface area contributed by atoms with Gasteiger partial charge in [0.15, 0.2) is 0 Å². The summed E-state index contributed by atoms with van der Waals surface area (Å²) in [5.74, 6) is 0.456. The third-order valence-electron chi connectivity index (χ3n) is 2.31. The summed E-state index contributed by atoms with van der Waals surface area (Å²) in [5.41, 5.74) is 0.711. The minimum atomic E-state index is -0.290. The highest BCUT2D eigenvalue weighted by molar-refractivity contribution is 14.1. The van der Waals surface area contributed by atoms with E-state index in [0.29, 0.717) is 24.1 Å². The first-order valence-electron chi connectivity index (χ1n) is 5.88. The highest BCUT2D eigenvalue weighted by Gasteiger charge is 2.08. The standard InChI is InChI=1S/C12H13FIN5O/c1-3-15-10-17-11(19-12(18-10)20-2)16-9-5-4-7(13)6-8(9)14/h4-6H,3H2,1-2H3,(H2,15,16,17,18,19). The van der Waals surface area contributed by atoms with Crippen LogP contribution in [0.5, 0.6) is 6.01 Å². The molecule has 0 unspecified atom stereocenters. The van der Waals surface area contributed by atoms with Crippen LogP contribution in [0.1, 0.15) is 6.92 Å². The molecule has 2 rings (SSSR count). The van der Waals surface area contributed by atoms with Crippen molar-refractivity contribution >= 4 is 40.2 Å². The van der Waals surface area contributed by atoms with Crippen LogP contribution in [0.15, 0.2) is 18.2 Å². The van der Waals surface area contributed by atoms with E-state index in [1.165, 1.54) is 19.2 Å². The Hall–Kier alpha value is -1.71. The first-order valence-corrected chi connectivity index (χ1v) is 6.96. The monoisotopic (exact) mass is 389 g/mol. The molecule has 8 heteroatoms. The van der Waals surface area contributed by atoms with Crippen molar-refractivity contribution in [3.05, 3.63) is 27.6 Å². The first-order chi connectivity index (χ1) is 9.62. The molecule has 0 saturated carbocycles. The molecule has 1 heterocycles. The first kappa shape index (κ1) is 14.7. The van der Waals surface area contributed by atoms with Gasteiger partial charge in [-0.05, 0) is 47.7 Å². The van der Waals surface area contributed by atoms with E-state index in [9.17, 15) is 4.39 Å². The largest absolute Gasteiger partial charge is 0.467 e. The average molecular weight is 389 g/mol. The third kappa shape index (κ3) is 3.65. The van der Waals surface area contributed by atoms with Crippen LogP contribution in [0.2, 0.25) is 0 Å². The third-order valence-corrected chi connectivity index (χ3v) is 3.20. The number of anilines is 3. The van der Waals surface area contributed by atoms with Crippen molar-refractivity contribution in [3.8, 4) is 6.01 Å². The lowest BCUT2D eigenvalue weighted by Gasteiger charge is -2.09. The van der Waals surface area contributed by atoms with Crippen LogP contribution >= 0.6 is 22.6 Å². The van der Waals surface area contributed by atoms with Crippen LogP contribution in [0.4, 0.5) is 22.0 Å². The molecule has 0 aliphatic carbocycles. The van der Waals surface area contributed by atoms with E-state index < -0.39 is 0 Å². The predicted molar refractivity (Wildman–Crippen MR) is 82.9 cm³/mol. The molecule has 20 heavy (non-hydrogen) atoms. The Labute approximate surface area is 129 Å². The van der Waals surface area contributed by atoms with E-state index in [4.69, 9.17) is 4.74 Å². The molecule has 2 aromatic rings. The maximum atomic E-state index is 13.1. The van der Waals surface area contributed by atoms with Crippen LogP contribution < -0.4 is 15.4 Å². The zero-order chi connectivity index (χ0) is 14.5. The fourth-order valence-corrected chi connectivity index (χ4v) is 2.06. The second-order valence-electron chi connectivity index (χ2n) is 3.75. The Morgan fingerprint density at radius 2 is 2.00 bits per heavy atom. The molecule has 0 spiro atoms. The molecule has 6 nitrogen and oxygen atoms in total. The fourth-order valence-electron chi connectivity index (χ4n) is 1.45. The molecule has 1 aromatic carbocycles. The van der Waals surface area contributed by atoms with Gasteiger partial charge < -0.3 is 15.4 Å². The van der Waals surface area contributed by atoms with E-state index in [1.807, 2.05) is 29.5 Å². The number of aromatic nitrogens is 3. The quantitative estimate of drug-likeness (QED) is 0.767. The molecule has 1 aromatic heterocycles. The van der Waals surface area contributed by atoms with Gasteiger partial charge in [-0.2, -0.15) is 15.0 Å². The number of hydrogen-bond acceptors (Lipinski definition) is 6. The topological polar surface area (TPSA) is 72.0 Å². The second kappa shape index (κ2) is 6.64. The summed E-state index contributed by atoms with van der Waals surface area (Å²) in [6.45, 7) is 2.62. The molecule has 0 aliphatic heterocycles. The SMILES string of the molecule is CCNc1nc(Nc2ccc(F)cc2I)nc(OC)n1. The second-order valence-corrected chi connectivity index (χ2v) is 4.91. The Morgan fingerprint density at radius 3 is 2.65 bits per heavy atom. The van der Waals surface area contributed by atoms with Crippen molar-refractivity contribution < 1.29 is 9.13 Å². The van der Waals surface area contributed by atoms with E-state index in [0.717, 1.165) is 3.57 Å². The summed E-state index contributed by atoms with van der Waals surface area (Å²) in [4.78, 5) is 12.4. The van der Waals surface area contributed by atoms with E-state index >= 15 is 0 Å². The molecule has 0 amide bonds. The van der Waals surface area contributed by atoms with Crippen LogP contribution in [0.25, 0.3) is 0 Å². The van der Waals surface area contributed by atoms with Gasteiger partial charge in [0, 0.05) is 10.1 Å². The lowest BCUT2D eigenvalue weighted by molar-refractivity contribution is 0.379. The van der Waals surface area contributed by atoms with Gasteiger partial charge in [-0.3, -0.25) is 0 Å². The zero-order valence-electron chi connectivity index (χ0n) is 10.9. The maximum Gasteiger partial charge on any atom is 0.322 e. The summed E-state index contributed by atoms with van der Waals surface area (Å²) in [6, 6.07) is 4.62. The van der Waals surface area contributed by atoms with Gasteiger partial charge >= 0.3 is 6.01 Å². The molecule has 0 radical (unpaired) electrons.